The highest BCUT2D eigenvalue weighted by atomic mass is 35.5. The fourth-order valence-corrected chi connectivity index (χ4v) is 2.48. The van der Waals surface area contributed by atoms with Crippen molar-refractivity contribution in [3.05, 3.63) is 51.6 Å². The highest BCUT2D eigenvalue weighted by Crippen LogP contribution is 2.23. The van der Waals surface area contributed by atoms with E-state index in [1.165, 1.54) is 13.2 Å². The largest absolute Gasteiger partial charge is 0.463 e. The van der Waals surface area contributed by atoms with E-state index in [4.69, 9.17) is 37.4 Å². The van der Waals surface area contributed by atoms with Crippen molar-refractivity contribution in [1.82, 2.24) is 9.78 Å². The van der Waals surface area contributed by atoms with Crippen LogP contribution in [0.25, 0.3) is 6.08 Å². The van der Waals surface area contributed by atoms with Gasteiger partial charge in [0.2, 0.25) is 5.88 Å². The second-order valence-corrected chi connectivity index (χ2v) is 5.78. The van der Waals surface area contributed by atoms with Crippen molar-refractivity contribution in [3.8, 4) is 5.88 Å². The van der Waals surface area contributed by atoms with Crippen LogP contribution >= 0.6 is 23.2 Å². The Morgan fingerprint density at radius 2 is 2.12 bits per heavy atom. The average molecular weight is 385 g/mol. The summed E-state index contributed by atoms with van der Waals surface area (Å²) >= 11 is 12.1. The number of carbonyl (C=O) groups excluding carboxylic acids is 1. The molecular weight excluding hydrogens is 367 g/mol. The van der Waals surface area contributed by atoms with Crippen LogP contribution in [-0.4, -0.2) is 36.3 Å². The van der Waals surface area contributed by atoms with Crippen molar-refractivity contribution in [2.24, 2.45) is 0 Å². The molecule has 1 heterocycles. The van der Waals surface area contributed by atoms with E-state index in [0.717, 1.165) is 5.56 Å². The molecule has 0 N–H and O–H groups in total. The van der Waals surface area contributed by atoms with Crippen molar-refractivity contribution in [2.45, 2.75) is 13.5 Å². The monoisotopic (exact) mass is 384 g/mol. The summed E-state index contributed by atoms with van der Waals surface area (Å²) in [6, 6.07) is 6.93. The molecule has 0 fully saturated rings. The normalized spacial score (nSPS) is 11.0. The van der Waals surface area contributed by atoms with Crippen molar-refractivity contribution in [2.75, 3.05) is 20.5 Å². The quantitative estimate of drug-likeness (QED) is 0.393. The van der Waals surface area contributed by atoms with Crippen molar-refractivity contribution in [3.63, 3.8) is 0 Å². The van der Waals surface area contributed by atoms with Crippen LogP contribution in [0.5, 0.6) is 5.88 Å². The van der Waals surface area contributed by atoms with Gasteiger partial charge in [0.05, 0.1) is 18.8 Å². The van der Waals surface area contributed by atoms with E-state index < -0.39 is 5.97 Å². The molecule has 0 saturated heterocycles. The number of esters is 1. The lowest BCUT2D eigenvalue weighted by Gasteiger charge is -2.07. The highest BCUT2D eigenvalue weighted by molar-refractivity contribution is 6.35. The Morgan fingerprint density at radius 1 is 1.32 bits per heavy atom. The highest BCUT2D eigenvalue weighted by Gasteiger charge is 2.10. The van der Waals surface area contributed by atoms with Crippen LogP contribution in [0.4, 0.5) is 0 Å². The Morgan fingerprint density at radius 3 is 2.80 bits per heavy atom. The smallest absolute Gasteiger partial charge is 0.330 e. The molecule has 0 aliphatic rings. The second kappa shape index (κ2) is 9.46. The molecule has 6 nitrogen and oxygen atoms in total. The maximum atomic E-state index is 11.5. The first-order chi connectivity index (χ1) is 12.0. The molecule has 8 heteroatoms. The van der Waals surface area contributed by atoms with Crippen LogP contribution in [0, 0.1) is 0 Å². The summed E-state index contributed by atoms with van der Waals surface area (Å²) in [4.78, 5) is 11.5. The molecule has 0 radical (unpaired) electrons. The number of benzene rings is 1. The van der Waals surface area contributed by atoms with E-state index in [-0.39, 0.29) is 6.79 Å². The molecule has 25 heavy (non-hydrogen) atoms. The topological polar surface area (TPSA) is 62.6 Å². The van der Waals surface area contributed by atoms with E-state index in [1.807, 2.05) is 6.07 Å². The molecule has 1 aromatic heterocycles. The number of nitrogens with zero attached hydrogens (tertiary/aromatic N) is 2. The minimum atomic E-state index is -0.431. The average Bonchev–Trinajstić information content (AvgIpc) is 2.96. The summed E-state index contributed by atoms with van der Waals surface area (Å²) < 4.78 is 16.8. The zero-order valence-corrected chi connectivity index (χ0v) is 15.4. The molecule has 0 unspecified atom stereocenters. The number of halogens is 2. The van der Waals surface area contributed by atoms with Crippen LogP contribution in [0.15, 0.2) is 30.3 Å². The SMILES string of the molecule is CCOC(=O)C=Cc1cc(OCOC)nn1Cc1ccc(Cl)cc1Cl. The van der Waals surface area contributed by atoms with E-state index in [2.05, 4.69) is 5.10 Å². The standard InChI is InChI=1S/C17H18Cl2N2O4/c1-3-24-17(22)7-6-14-9-16(25-11-23-2)20-21(14)10-12-4-5-13(18)8-15(12)19/h4-9H,3,10-11H2,1-2H3. The number of carbonyl (C=O) groups is 1. The number of ether oxygens (including phenoxy) is 3. The summed E-state index contributed by atoms with van der Waals surface area (Å²) in [7, 11) is 1.52. The molecular formula is C17H18Cl2N2O4. The van der Waals surface area contributed by atoms with Crippen LogP contribution in [0.1, 0.15) is 18.2 Å². The van der Waals surface area contributed by atoms with Crippen molar-refractivity contribution < 1.29 is 19.0 Å². The Labute approximate surface area is 155 Å². The first-order valence-electron chi connectivity index (χ1n) is 7.51. The van der Waals surface area contributed by atoms with Crippen molar-refractivity contribution in [1.29, 1.82) is 0 Å². The molecule has 2 rings (SSSR count). The molecule has 0 atom stereocenters. The van der Waals surface area contributed by atoms with Gasteiger partial charge in [-0.1, -0.05) is 29.3 Å². The molecule has 2 aromatic rings. The fraction of sp³-hybridized carbons (Fsp3) is 0.294. The third kappa shape index (κ3) is 5.77. The van der Waals surface area contributed by atoms with Gasteiger partial charge >= 0.3 is 5.97 Å². The van der Waals surface area contributed by atoms with Crippen molar-refractivity contribution >= 4 is 35.2 Å². The van der Waals surface area contributed by atoms with Gasteiger partial charge in [-0.25, -0.2) is 4.79 Å². The molecule has 134 valence electrons. The Hall–Kier alpha value is -2.02. The van der Waals surface area contributed by atoms with Crippen LogP contribution < -0.4 is 4.74 Å². The summed E-state index contributed by atoms with van der Waals surface area (Å²) in [5.41, 5.74) is 1.49. The summed E-state index contributed by atoms with van der Waals surface area (Å²) in [6.45, 7) is 2.51. The van der Waals surface area contributed by atoms with E-state index in [0.29, 0.717) is 34.8 Å². The van der Waals surface area contributed by atoms with Gasteiger partial charge in [-0.3, -0.25) is 4.68 Å². The fourth-order valence-electron chi connectivity index (χ4n) is 2.01. The minimum Gasteiger partial charge on any atom is -0.463 e. The summed E-state index contributed by atoms with van der Waals surface area (Å²) in [5, 5.41) is 5.44. The molecule has 0 spiro atoms. The Bertz CT molecular complexity index is 759. The Balaban J connectivity index is 2.26. The molecule has 1 aromatic carbocycles. The molecule has 0 bridgehead atoms. The van der Waals surface area contributed by atoms with E-state index in [9.17, 15) is 4.79 Å². The van der Waals surface area contributed by atoms with E-state index in [1.54, 1.807) is 35.9 Å². The molecule has 0 aliphatic carbocycles. The van der Waals surface area contributed by atoms with Gasteiger partial charge in [0.25, 0.3) is 0 Å². The third-order valence-corrected chi connectivity index (χ3v) is 3.71. The summed E-state index contributed by atoms with van der Waals surface area (Å²) in [6.07, 6.45) is 2.94. The van der Waals surface area contributed by atoms with Crippen LogP contribution in [0.2, 0.25) is 10.0 Å². The van der Waals surface area contributed by atoms with Gasteiger partial charge in [-0.05, 0) is 30.7 Å². The number of aromatic nitrogens is 2. The number of hydrogen-bond donors (Lipinski definition) is 0. The lowest BCUT2D eigenvalue weighted by atomic mass is 10.2. The third-order valence-electron chi connectivity index (χ3n) is 3.13. The number of rotatable bonds is 8. The lowest BCUT2D eigenvalue weighted by Crippen LogP contribution is -2.06. The first kappa shape index (κ1) is 19.3. The van der Waals surface area contributed by atoms with Gasteiger partial charge in [0, 0.05) is 29.3 Å². The minimum absolute atomic E-state index is 0.0692. The van der Waals surface area contributed by atoms with Gasteiger partial charge in [-0.2, -0.15) is 0 Å². The van der Waals surface area contributed by atoms with Gasteiger partial charge in [0.1, 0.15) is 0 Å². The maximum Gasteiger partial charge on any atom is 0.330 e. The van der Waals surface area contributed by atoms with Gasteiger partial charge in [-0.15, -0.1) is 5.10 Å². The van der Waals surface area contributed by atoms with Crippen LogP contribution in [0.3, 0.4) is 0 Å². The molecule has 0 amide bonds. The molecule has 0 saturated carbocycles. The maximum absolute atomic E-state index is 11.5. The number of methoxy groups -OCH3 is 1. The van der Waals surface area contributed by atoms with Crippen LogP contribution in [-0.2, 0) is 20.8 Å². The molecule has 0 aliphatic heterocycles. The first-order valence-corrected chi connectivity index (χ1v) is 8.27. The zero-order chi connectivity index (χ0) is 18.2. The second-order valence-electron chi connectivity index (χ2n) is 4.94. The van der Waals surface area contributed by atoms with E-state index >= 15 is 0 Å². The predicted molar refractivity (Wildman–Crippen MR) is 96.0 cm³/mol. The van der Waals surface area contributed by atoms with Gasteiger partial charge < -0.3 is 14.2 Å². The lowest BCUT2D eigenvalue weighted by molar-refractivity contribution is -0.137. The predicted octanol–water partition coefficient (Wildman–Crippen LogP) is 3.80. The summed E-state index contributed by atoms with van der Waals surface area (Å²) in [5.74, 6) is -0.0606. The Kier molecular flexibility index (Phi) is 7.31. The number of hydrogen-bond acceptors (Lipinski definition) is 5. The van der Waals surface area contributed by atoms with Gasteiger partial charge in [0.15, 0.2) is 6.79 Å². The zero-order valence-electron chi connectivity index (χ0n) is 13.9.